The molecule has 0 bridgehead atoms. The molecular weight excluding hydrogens is 348 g/mol. The monoisotopic (exact) mass is 370 g/mol. The minimum absolute atomic E-state index is 1.02. The van der Waals surface area contributed by atoms with E-state index in [4.69, 9.17) is 0 Å². The molecule has 0 aliphatic heterocycles. The fourth-order valence-electron chi connectivity index (χ4n) is 3.92. The van der Waals surface area contributed by atoms with Crippen molar-refractivity contribution in [3.8, 4) is 11.1 Å². The van der Waals surface area contributed by atoms with Crippen molar-refractivity contribution in [2.24, 2.45) is 0 Å². The highest BCUT2D eigenvalue weighted by Gasteiger charge is 2.18. The first kappa shape index (κ1) is 17.5. The van der Waals surface area contributed by atoms with Gasteiger partial charge in [0.05, 0.1) is 0 Å². The van der Waals surface area contributed by atoms with Gasteiger partial charge < -0.3 is 0 Å². The van der Waals surface area contributed by atoms with Gasteiger partial charge in [0.15, 0.2) is 0 Å². The van der Waals surface area contributed by atoms with Crippen LogP contribution in [0, 0.1) is 0 Å². The summed E-state index contributed by atoms with van der Waals surface area (Å²) in [6, 6.07) is 34.6. The zero-order valence-electron chi connectivity index (χ0n) is 16.3. The predicted octanol–water partition coefficient (Wildman–Crippen LogP) is 7.60. The van der Waals surface area contributed by atoms with Crippen LogP contribution in [0.5, 0.6) is 0 Å². The van der Waals surface area contributed by atoms with E-state index in [-0.39, 0.29) is 0 Å². The van der Waals surface area contributed by atoms with Gasteiger partial charge in [0.1, 0.15) is 0 Å². The average molecular weight is 370 g/mol. The van der Waals surface area contributed by atoms with Crippen LogP contribution in [0.1, 0.15) is 33.4 Å². The van der Waals surface area contributed by atoms with Crippen LogP contribution in [0.25, 0.3) is 35.4 Å². The molecule has 0 amide bonds. The lowest BCUT2D eigenvalue weighted by atomic mass is 10.00. The molecule has 4 aromatic carbocycles. The molecule has 0 spiro atoms. The summed E-state index contributed by atoms with van der Waals surface area (Å²) in [6.45, 7) is 0. The first-order valence-electron chi connectivity index (χ1n) is 10.1. The number of rotatable bonds is 4. The second-order valence-electron chi connectivity index (χ2n) is 7.50. The van der Waals surface area contributed by atoms with Crippen LogP contribution in [0.4, 0.5) is 0 Å². The molecule has 0 saturated heterocycles. The van der Waals surface area contributed by atoms with E-state index in [9.17, 15) is 0 Å². The minimum atomic E-state index is 1.02. The Kier molecular flexibility index (Phi) is 4.68. The van der Waals surface area contributed by atoms with Crippen molar-refractivity contribution in [2.45, 2.75) is 6.42 Å². The molecular formula is C29H22. The molecule has 0 aromatic heterocycles. The molecule has 0 atom stereocenters. The Hall–Kier alpha value is -3.64. The minimum Gasteiger partial charge on any atom is -0.0622 e. The van der Waals surface area contributed by atoms with Crippen molar-refractivity contribution >= 4 is 24.3 Å². The molecule has 0 heteroatoms. The molecule has 0 fully saturated rings. The van der Waals surface area contributed by atoms with Gasteiger partial charge in [-0.3, -0.25) is 0 Å². The van der Waals surface area contributed by atoms with Crippen LogP contribution < -0.4 is 0 Å². The molecule has 1 aliphatic rings. The quantitative estimate of drug-likeness (QED) is 0.286. The highest BCUT2D eigenvalue weighted by atomic mass is 14.2. The first-order chi connectivity index (χ1) is 14.3. The summed E-state index contributed by atoms with van der Waals surface area (Å²) in [6.07, 6.45) is 9.78. The van der Waals surface area contributed by atoms with Gasteiger partial charge >= 0.3 is 0 Å². The Bertz CT molecular complexity index is 1100. The zero-order valence-corrected chi connectivity index (χ0v) is 16.3. The molecule has 0 saturated carbocycles. The molecule has 4 aromatic rings. The average Bonchev–Trinajstić information content (AvgIpc) is 3.15. The number of benzene rings is 4. The normalized spacial score (nSPS) is 12.4. The van der Waals surface area contributed by atoms with E-state index < -0.39 is 0 Å². The smallest absolute Gasteiger partial charge is 0.00134 e. The third-order valence-corrected chi connectivity index (χ3v) is 5.47. The van der Waals surface area contributed by atoms with Crippen molar-refractivity contribution in [3.05, 3.63) is 130 Å². The molecule has 0 heterocycles. The van der Waals surface area contributed by atoms with Gasteiger partial charge in [0, 0.05) is 0 Å². The SMILES string of the molecule is C(=Cc1ccc2c(c1)-c1cc(C=Cc3ccccc3)ccc1C2)c1ccccc1. The zero-order chi connectivity index (χ0) is 19.5. The highest BCUT2D eigenvalue weighted by Crippen LogP contribution is 2.38. The van der Waals surface area contributed by atoms with E-state index >= 15 is 0 Å². The third-order valence-electron chi connectivity index (χ3n) is 5.47. The molecule has 29 heavy (non-hydrogen) atoms. The van der Waals surface area contributed by atoms with Gasteiger partial charge in [-0.1, -0.05) is 109 Å². The van der Waals surface area contributed by atoms with Crippen LogP contribution in [0.3, 0.4) is 0 Å². The molecule has 0 N–H and O–H groups in total. The van der Waals surface area contributed by atoms with E-state index in [0.29, 0.717) is 0 Å². The number of fused-ring (bicyclic) bond motifs is 3. The maximum atomic E-state index is 2.32. The Labute approximate surface area is 172 Å². The fourth-order valence-corrected chi connectivity index (χ4v) is 3.92. The summed E-state index contributed by atoms with van der Waals surface area (Å²) >= 11 is 0. The molecule has 0 nitrogen and oxygen atoms in total. The van der Waals surface area contributed by atoms with Gasteiger partial charge in [-0.05, 0) is 63.1 Å². The lowest BCUT2D eigenvalue weighted by molar-refractivity contribution is 1.26. The summed E-state index contributed by atoms with van der Waals surface area (Å²) in [5.41, 5.74) is 10.5. The van der Waals surface area contributed by atoms with Crippen LogP contribution in [-0.2, 0) is 6.42 Å². The summed E-state index contributed by atoms with van der Waals surface area (Å²) in [4.78, 5) is 0. The van der Waals surface area contributed by atoms with Crippen LogP contribution in [0.15, 0.2) is 97.1 Å². The number of hydrogen-bond acceptors (Lipinski definition) is 0. The lowest BCUT2D eigenvalue weighted by Gasteiger charge is -2.04. The van der Waals surface area contributed by atoms with E-state index in [1.54, 1.807) is 0 Å². The maximum Gasteiger partial charge on any atom is -0.00134 e. The summed E-state index contributed by atoms with van der Waals surface area (Å²) in [5.74, 6) is 0. The van der Waals surface area contributed by atoms with Gasteiger partial charge in [0.2, 0.25) is 0 Å². The number of hydrogen-bond donors (Lipinski definition) is 0. The molecule has 1 aliphatic carbocycles. The second-order valence-corrected chi connectivity index (χ2v) is 7.50. The Morgan fingerprint density at radius 1 is 0.414 bits per heavy atom. The Morgan fingerprint density at radius 2 is 0.828 bits per heavy atom. The standard InChI is InChI=1S/C29H22/c1-3-7-22(8-4-1)11-13-24-15-17-26-21-27-18-16-25(20-29(27)28(26)19-24)14-12-23-9-5-2-6-10-23/h1-20H,21H2. The largest absolute Gasteiger partial charge is 0.0622 e. The van der Waals surface area contributed by atoms with Crippen molar-refractivity contribution in [2.75, 3.05) is 0 Å². The van der Waals surface area contributed by atoms with Crippen molar-refractivity contribution < 1.29 is 0 Å². The summed E-state index contributed by atoms with van der Waals surface area (Å²) < 4.78 is 0. The van der Waals surface area contributed by atoms with E-state index in [2.05, 4.69) is 109 Å². The Balaban J connectivity index is 1.44. The lowest BCUT2D eigenvalue weighted by Crippen LogP contribution is -1.81. The predicted molar refractivity (Wildman–Crippen MR) is 125 cm³/mol. The molecule has 138 valence electrons. The first-order valence-corrected chi connectivity index (χ1v) is 10.1. The van der Waals surface area contributed by atoms with Crippen LogP contribution >= 0.6 is 0 Å². The van der Waals surface area contributed by atoms with E-state index in [1.807, 2.05) is 12.1 Å². The summed E-state index contributed by atoms with van der Waals surface area (Å²) in [7, 11) is 0. The van der Waals surface area contributed by atoms with Gasteiger partial charge in [-0.25, -0.2) is 0 Å². The second kappa shape index (κ2) is 7.77. The molecule has 5 rings (SSSR count). The highest BCUT2D eigenvalue weighted by molar-refractivity contribution is 5.83. The fraction of sp³-hybridized carbons (Fsp3) is 0.0345. The van der Waals surface area contributed by atoms with Crippen molar-refractivity contribution in [1.82, 2.24) is 0 Å². The van der Waals surface area contributed by atoms with Crippen LogP contribution in [-0.4, -0.2) is 0 Å². The summed E-state index contributed by atoms with van der Waals surface area (Å²) in [5, 5.41) is 0. The van der Waals surface area contributed by atoms with E-state index in [1.165, 1.54) is 44.5 Å². The topological polar surface area (TPSA) is 0 Å². The van der Waals surface area contributed by atoms with Crippen LogP contribution in [0.2, 0.25) is 0 Å². The Morgan fingerprint density at radius 3 is 1.28 bits per heavy atom. The van der Waals surface area contributed by atoms with Gasteiger partial charge in [-0.2, -0.15) is 0 Å². The third kappa shape index (κ3) is 3.83. The van der Waals surface area contributed by atoms with Gasteiger partial charge in [0.25, 0.3) is 0 Å². The molecule has 0 unspecified atom stereocenters. The van der Waals surface area contributed by atoms with Crippen molar-refractivity contribution in [1.29, 1.82) is 0 Å². The maximum absolute atomic E-state index is 2.32. The van der Waals surface area contributed by atoms with Crippen molar-refractivity contribution in [3.63, 3.8) is 0 Å². The van der Waals surface area contributed by atoms with E-state index in [0.717, 1.165) is 6.42 Å². The molecule has 0 radical (unpaired) electrons. The van der Waals surface area contributed by atoms with Gasteiger partial charge in [-0.15, -0.1) is 0 Å².